The Labute approximate surface area is 121 Å². The molecule has 20 heavy (non-hydrogen) atoms. The van der Waals surface area contributed by atoms with E-state index in [2.05, 4.69) is 30.5 Å². The predicted octanol–water partition coefficient (Wildman–Crippen LogP) is 2.65. The summed E-state index contributed by atoms with van der Waals surface area (Å²) in [5.74, 6) is 0.835. The summed E-state index contributed by atoms with van der Waals surface area (Å²) in [6, 6.07) is 8.47. The molecule has 1 atom stereocenters. The Hall–Kier alpha value is -1.55. The SMILES string of the molecule is CCNC(C)c1cccc(OCCC(=O)NC(C)C)c1. The van der Waals surface area contributed by atoms with Crippen LogP contribution in [-0.4, -0.2) is 25.1 Å². The molecule has 2 N–H and O–H groups in total. The number of ether oxygens (including phenoxy) is 1. The second-order valence-electron chi connectivity index (χ2n) is 5.17. The summed E-state index contributed by atoms with van der Waals surface area (Å²) in [6.45, 7) is 9.44. The minimum atomic E-state index is 0.0252. The van der Waals surface area contributed by atoms with Crippen molar-refractivity contribution in [2.75, 3.05) is 13.2 Å². The van der Waals surface area contributed by atoms with Crippen LogP contribution < -0.4 is 15.4 Å². The largest absolute Gasteiger partial charge is 0.493 e. The number of hydrogen-bond donors (Lipinski definition) is 2. The van der Waals surface area contributed by atoms with Gasteiger partial charge in [-0.3, -0.25) is 4.79 Å². The third-order valence-electron chi connectivity index (χ3n) is 2.92. The molecule has 1 amide bonds. The highest BCUT2D eigenvalue weighted by Gasteiger charge is 2.06. The predicted molar refractivity (Wildman–Crippen MR) is 81.9 cm³/mol. The van der Waals surface area contributed by atoms with E-state index in [1.807, 2.05) is 32.0 Å². The first-order valence-electron chi connectivity index (χ1n) is 7.28. The van der Waals surface area contributed by atoms with Crippen LogP contribution in [0, 0.1) is 0 Å². The van der Waals surface area contributed by atoms with E-state index >= 15 is 0 Å². The third-order valence-corrected chi connectivity index (χ3v) is 2.92. The summed E-state index contributed by atoms with van der Waals surface area (Å²) in [5, 5.41) is 6.21. The van der Waals surface area contributed by atoms with Crippen molar-refractivity contribution < 1.29 is 9.53 Å². The van der Waals surface area contributed by atoms with Crippen molar-refractivity contribution in [3.8, 4) is 5.75 Å². The summed E-state index contributed by atoms with van der Waals surface area (Å²) >= 11 is 0. The topological polar surface area (TPSA) is 50.4 Å². The number of carbonyl (C=O) groups is 1. The number of hydrogen-bond acceptors (Lipinski definition) is 3. The van der Waals surface area contributed by atoms with E-state index in [4.69, 9.17) is 4.74 Å². The zero-order valence-corrected chi connectivity index (χ0v) is 12.9. The molecule has 0 aliphatic rings. The van der Waals surface area contributed by atoms with Gasteiger partial charge in [0, 0.05) is 12.1 Å². The summed E-state index contributed by atoms with van der Waals surface area (Å²) in [7, 11) is 0. The van der Waals surface area contributed by atoms with Crippen LogP contribution >= 0.6 is 0 Å². The van der Waals surface area contributed by atoms with Crippen LogP contribution in [0.15, 0.2) is 24.3 Å². The maximum absolute atomic E-state index is 11.5. The molecule has 112 valence electrons. The van der Waals surface area contributed by atoms with Gasteiger partial charge in [-0.25, -0.2) is 0 Å². The van der Waals surface area contributed by atoms with Gasteiger partial charge in [0.1, 0.15) is 5.75 Å². The molecule has 0 bridgehead atoms. The van der Waals surface area contributed by atoms with E-state index in [1.54, 1.807) is 0 Å². The maximum Gasteiger partial charge on any atom is 0.223 e. The number of rotatable bonds is 8. The highest BCUT2D eigenvalue weighted by atomic mass is 16.5. The van der Waals surface area contributed by atoms with Crippen LogP contribution in [0.4, 0.5) is 0 Å². The lowest BCUT2D eigenvalue weighted by Gasteiger charge is -2.14. The van der Waals surface area contributed by atoms with Gasteiger partial charge in [0.25, 0.3) is 0 Å². The van der Waals surface area contributed by atoms with E-state index in [0.717, 1.165) is 12.3 Å². The van der Waals surface area contributed by atoms with Gasteiger partial charge in [-0.15, -0.1) is 0 Å². The molecule has 4 nitrogen and oxygen atoms in total. The van der Waals surface area contributed by atoms with Crippen molar-refractivity contribution in [1.29, 1.82) is 0 Å². The average Bonchev–Trinajstić information content (AvgIpc) is 2.38. The highest BCUT2D eigenvalue weighted by molar-refractivity contribution is 5.76. The van der Waals surface area contributed by atoms with Gasteiger partial charge in [-0.2, -0.15) is 0 Å². The van der Waals surface area contributed by atoms with Crippen LogP contribution in [0.2, 0.25) is 0 Å². The molecule has 1 aromatic carbocycles. The van der Waals surface area contributed by atoms with Gasteiger partial charge >= 0.3 is 0 Å². The Morgan fingerprint density at radius 2 is 2.05 bits per heavy atom. The number of benzene rings is 1. The first kappa shape index (κ1) is 16.5. The van der Waals surface area contributed by atoms with Crippen molar-refractivity contribution in [3.05, 3.63) is 29.8 Å². The van der Waals surface area contributed by atoms with Crippen LogP contribution in [0.1, 0.15) is 45.7 Å². The maximum atomic E-state index is 11.5. The highest BCUT2D eigenvalue weighted by Crippen LogP contribution is 2.19. The lowest BCUT2D eigenvalue weighted by molar-refractivity contribution is -0.122. The summed E-state index contributed by atoms with van der Waals surface area (Å²) < 4.78 is 5.64. The molecular weight excluding hydrogens is 252 g/mol. The Bertz CT molecular complexity index is 419. The minimum Gasteiger partial charge on any atom is -0.493 e. The van der Waals surface area contributed by atoms with Crippen molar-refractivity contribution in [1.82, 2.24) is 10.6 Å². The molecule has 4 heteroatoms. The van der Waals surface area contributed by atoms with Gasteiger partial charge < -0.3 is 15.4 Å². The third kappa shape index (κ3) is 6.06. The van der Waals surface area contributed by atoms with E-state index < -0.39 is 0 Å². The molecular formula is C16H26N2O2. The van der Waals surface area contributed by atoms with Crippen molar-refractivity contribution in [2.24, 2.45) is 0 Å². The molecule has 0 heterocycles. The molecule has 0 radical (unpaired) electrons. The quantitative estimate of drug-likeness (QED) is 0.768. The molecule has 0 spiro atoms. The zero-order valence-electron chi connectivity index (χ0n) is 12.9. The second-order valence-corrected chi connectivity index (χ2v) is 5.17. The van der Waals surface area contributed by atoms with Gasteiger partial charge in [0.15, 0.2) is 0 Å². The minimum absolute atomic E-state index is 0.0252. The lowest BCUT2D eigenvalue weighted by atomic mass is 10.1. The molecule has 0 fully saturated rings. The monoisotopic (exact) mass is 278 g/mol. The zero-order chi connectivity index (χ0) is 15.0. The molecule has 1 aromatic rings. The van der Waals surface area contributed by atoms with Gasteiger partial charge in [-0.1, -0.05) is 19.1 Å². The standard InChI is InChI=1S/C16H26N2O2/c1-5-17-13(4)14-7-6-8-15(11-14)20-10-9-16(19)18-12(2)3/h6-8,11-13,17H,5,9-10H2,1-4H3,(H,18,19). The van der Waals surface area contributed by atoms with Gasteiger partial charge in [0.2, 0.25) is 5.91 Å². The number of amides is 1. The average molecular weight is 278 g/mol. The van der Waals surface area contributed by atoms with Gasteiger partial charge in [0.05, 0.1) is 13.0 Å². The normalized spacial score (nSPS) is 12.2. The van der Waals surface area contributed by atoms with Gasteiger partial charge in [-0.05, 0) is 45.0 Å². The fraction of sp³-hybridized carbons (Fsp3) is 0.562. The Morgan fingerprint density at radius 3 is 2.70 bits per heavy atom. The fourth-order valence-corrected chi connectivity index (χ4v) is 1.95. The lowest BCUT2D eigenvalue weighted by Crippen LogP contribution is -2.31. The first-order chi connectivity index (χ1) is 9.52. The first-order valence-corrected chi connectivity index (χ1v) is 7.28. The summed E-state index contributed by atoms with van der Waals surface area (Å²) in [6.07, 6.45) is 0.380. The van der Waals surface area contributed by atoms with E-state index in [1.165, 1.54) is 5.56 Å². The molecule has 0 saturated heterocycles. The van der Waals surface area contributed by atoms with Crippen molar-refractivity contribution in [3.63, 3.8) is 0 Å². The Kier molecular flexibility index (Phi) is 7.09. The fourth-order valence-electron chi connectivity index (χ4n) is 1.95. The number of nitrogens with one attached hydrogen (secondary N) is 2. The second kappa shape index (κ2) is 8.59. The molecule has 0 aliphatic carbocycles. The van der Waals surface area contributed by atoms with Crippen LogP contribution in [0.5, 0.6) is 5.75 Å². The molecule has 0 saturated carbocycles. The smallest absolute Gasteiger partial charge is 0.223 e. The van der Waals surface area contributed by atoms with Crippen LogP contribution in [0.3, 0.4) is 0 Å². The molecule has 0 aliphatic heterocycles. The number of carbonyl (C=O) groups excluding carboxylic acids is 1. The summed E-state index contributed by atoms with van der Waals surface area (Å²) in [5.41, 5.74) is 1.19. The van der Waals surface area contributed by atoms with E-state index in [9.17, 15) is 4.79 Å². The van der Waals surface area contributed by atoms with E-state index in [0.29, 0.717) is 19.1 Å². The van der Waals surface area contributed by atoms with Crippen LogP contribution in [0.25, 0.3) is 0 Å². The van der Waals surface area contributed by atoms with Crippen molar-refractivity contribution >= 4 is 5.91 Å². The van der Waals surface area contributed by atoms with Crippen LogP contribution in [-0.2, 0) is 4.79 Å². The summed E-state index contributed by atoms with van der Waals surface area (Å²) in [4.78, 5) is 11.5. The Balaban J connectivity index is 2.44. The van der Waals surface area contributed by atoms with Crippen molar-refractivity contribution in [2.45, 2.75) is 46.2 Å². The molecule has 1 unspecified atom stereocenters. The molecule has 0 aromatic heterocycles. The van der Waals surface area contributed by atoms with E-state index in [-0.39, 0.29) is 11.9 Å². The Morgan fingerprint density at radius 1 is 1.30 bits per heavy atom. The molecule has 1 rings (SSSR count).